The van der Waals surface area contributed by atoms with Gasteiger partial charge in [-0.25, -0.2) is 4.39 Å². The van der Waals surface area contributed by atoms with Gasteiger partial charge in [0.25, 0.3) is 0 Å². The molecule has 2 rings (SSSR count). The van der Waals surface area contributed by atoms with Crippen LogP contribution in [0.4, 0.5) is 4.39 Å². The molecule has 0 aromatic heterocycles. The minimum atomic E-state index is -0.928. The number of halogens is 1. The van der Waals surface area contributed by atoms with Crippen LogP contribution in [-0.2, 0) is 10.2 Å². The van der Waals surface area contributed by atoms with Gasteiger partial charge in [-0.2, -0.15) is 0 Å². The van der Waals surface area contributed by atoms with Crippen LogP contribution < -0.4 is 5.32 Å². The Morgan fingerprint density at radius 1 is 1.52 bits per heavy atom. The lowest BCUT2D eigenvalue weighted by atomic mass is 9.88. The zero-order valence-electron chi connectivity index (χ0n) is 12.9. The summed E-state index contributed by atoms with van der Waals surface area (Å²) >= 11 is 0. The molecule has 2 N–H and O–H groups in total. The first-order chi connectivity index (χ1) is 9.82. The number of carbonyl (C=O) groups is 1. The number of carbonyl (C=O) groups excluding carboxylic acids is 1. The van der Waals surface area contributed by atoms with Crippen LogP contribution in [0.15, 0.2) is 24.3 Å². The lowest BCUT2D eigenvalue weighted by Crippen LogP contribution is -2.47. The number of hydrogen-bond donors (Lipinski definition) is 2. The molecule has 0 radical (unpaired) electrons. The maximum atomic E-state index is 13.3. The summed E-state index contributed by atoms with van der Waals surface area (Å²) < 4.78 is 13.3. The van der Waals surface area contributed by atoms with Crippen LogP contribution in [0.1, 0.15) is 45.6 Å². The van der Waals surface area contributed by atoms with Crippen molar-refractivity contribution in [3.05, 3.63) is 35.6 Å². The fraction of sp³-hybridized carbons (Fsp3) is 0.588. The Balaban J connectivity index is 2.04. The van der Waals surface area contributed by atoms with Gasteiger partial charge in [-0.3, -0.25) is 4.79 Å². The fourth-order valence-electron chi connectivity index (χ4n) is 2.60. The third-order valence-corrected chi connectivity index (χ3v) is 4.84. The standard InChI is InChI=1S/C17H24FNO2/c1-4-12(2)16(3,21)11-19-15(20)17(8-9-17)13-6-5-7-14(18)10-13/h5-7,10,12,21H,4,8-9,11H2,1-3H3,(H,19,20). The van der Waals surface area contributed by atoms with Crippen LogP contribution in [0.3, 0.4) is 0 Å². The van der Waals surface area contributed by atoms with Crippen molar-refractivity contribution in [1.82, 2.24) is 5.32 Å². The van der Waals surface area contributed by atoms with Crippen LogP contribution in [0.5, 0.6) is 0 Å². The average molecular weight is 293 g/mol. The molecule has 21 heavy (non-hydrogen) atoms. The summed E-state index contributed by atoms with van der Waals surface area (Å²) in [5.74, 6) is -0.336. The van der Waals surface area contributed by atoms with Gasteiger partial charge >= 0.3 is 0 Å². The molecule has 1 aromatic carbocycles. The quantitative estimate of drug-likeness (QED) is 0.847. The Hall–Kier alpha value is -1.42. The molecule has 1 aromatic rings. The third kappa shape index (κ3) is 3.26. The van der Waals surface area contributed by atoms with Crippen molar-refractivity contribution < 1.29 is 14.3 Å². The topological polar surface area (TPSA) is 49.3 Å². The highest BCUT2D eigenvalue weighted by molar-refractivity contribution is 5.91. The van der Waals surface area contributed by atoms with Crippen molar-refractivity contribution in [3.63, 3.8) is 0 Å². The first kappa shape index (κ1) is 16.0. The predicted octanol–water partition coefficient (Wildman–Crippen LogP) is 2.77. The van der Waals surface area contributed by atoms with E-state index in [-0.39, 0.29) is 24.2 Å². The first-order valence-corrected chi connectivity index (χ1v) is 7.58. The molecule has 0 aliphatic heterocycles. The average Bonchev–Trinajstić information content (AvgIpc) is 3.25. The zero-order valence-corrected chi connectivity index (χ0v) is 12.9. The Kier molecular flexibility index (Phi) is 4.38. The molecule has 1 fully saturated rings. The molecule has 1 aliphatic carbocycles. The Labute approximate surface area is 125 Å². The van der Waals surface area contributed by atoms with E-state index in [0.29, 0.717) is 0 Å². The number of rotatable bonds is 6. The smallest absolute Gasteiger partial charge is 0.230 e. The van der Waals surface area contributed by atoms with Crippen molar-refractivity contribution in [2.24, 2.45) is 5.92 Å². The van der Waals surface area contributed by atoms with Gasteiger partial charge in [-0.05, 0) is 43.4 Å². The van der Waals surface area contributed by atoms with Gasteiger partial charge in [0.1, 0.15) is 5.82 Å². The Morgan fingerprint density at radius 3 is 2.71 bits per heavy atom. The maximum Gasteiger partial charge on any atom is 0.230 e. The van der Waals surface area contributed by atoms with Crippen LogP contribution in [-0.4, -0.2) is 23.2 Å². The van der Waals surface area contributed by atoms with E-state index < -0.39 is 11.0 Å². The fourth-order valence-corrected chi connectivity index (χ4v) is 2.60. The van der Waals surface area contributed by atoms with Crippen molar-refractivity contribution in [1.29, 1.82) is 0 Å². The molecule has 1 amide bonds. The first-order valence-electron chi connectivity index (χ1n) is 7.58. The van der Waals surface area contributed by atoms with Gasteiger partial charge in [0.15, 0.2) is 0 Å². The van der Waals surface area contributed by atoms with Gasteiger partial charge in [0.05, 0.1) is 11.0 Å². The van der Waals surface area contributed by atoms with E-state index in [0.717, 1.165) is 24.8 Å². The normalized spacial score (nSPS) is 20.4. The molecule has 1 aliphatic rings. The van der Waals surface area contributed by atoms with Gasteiger partial charge in [0, 0.05) is 6.54 Å². The second kappa shape index (κ2) is 5.76. The van der Waals surface area contributed by atoms with E-state index in [2.05, 4.69) is 5.32 Å². The summed E-state index contributed by atoms with van der Waals surface area (Å²) in [5.41, 5.74) is -0.807. The highest BCUT2D eigenvalue weighted by Crippen LogP contribution is 2.48. The molecule has 116 valence electrons. The van der Waals surface area contributed by atoms with E-state index >= 15 is 0 Å². The highest BCUT2D eigenvalue weighted by Gasteiger charge is 2.51. The summed E-state index contributed by atoms with van der Waals surface area (Å²) in [6, 6.07) is 6.24. The summed E-state index contributed by atoms with van der Waals surface area (Å²) in [6.45, 7) is 5.93. The monoisotopic (exact) mass is 293 g/mol. The third-order valence-electron chi connectivity index (χ3n) is 4.84. The highest BCUT2D eigenvalue weighted by atomic mass is 19.1. The number of amides is 1. The van der Waals surface area contributed by atoms with E-state index in [1.54, 1.807) is 19.1 Å². The molecule has 0 saturated heterocycles. The minimum absolute atomic E-state index is 0.0992. The molecular weight excluding hydrogens is 269 g/mol. The number of nitrogens with one attached hydrogen (secondary N) is 1. The molecular formula is C17H24FNO2. The van der Waals surface area contributed by atoms with Crippen LogP contribution in [0.25, 0.3) is 0 Å². The zero-order chi connectivity index (χ0) is 15.7. The minimum Gasteiger partial charge on any atom is -0.388 e. The van der Waals surface area contributed by atoms with E-state index in [1.807, 2.05) is 13.8 Å². The molecule has 0 spiro atoms. The Morgan fingerprint density at radius 2 is 2.19 bits per heavy atom. The summed E-state index contributed by atoms with van der Waals surface area (Å²) in [6.07, 6.45) is 2.30. The SMILES string of the molecule is CCC(C)C(C)(O)CNC(=O)C1(c2cccc(F)c2)CC1. The lowest BCUT2D eigenvalue weighted by molar-refractivity contribution is -0.125. The second-order valence-corrected chi connectivity index (χ2v) is 6.44. The van der Waals surface area contributed by atoms with Crippen molar-refractivity contribution in [2.75, 3.05) is 6.54 Å². The van der Waals surface area contributed by atoms with E-state index in [9.17, 15) is 14.3 Å². The Bertz CT molecular complexity index is 523. The van der Waals surface area contributed by atoms with Gasteiger partial charge < -0.3 is 10.4 Å². The molecule has 1 saturated carbocycles. The maximum absolute atomic E-state index is 13.3. The van der Waals surface area contributed by atoms with Crippen molar-refractivity contribution >= 4 is 5.91 Å². The van der Waals surface area contributed by atoms with Gasteiger partial charge in [0.2, 0.25) is 5.91 Å². The molecule has 0 bridgehead atoms. The van der Waals surface area contributed by atoms with Crippen LogP contribution in [0.2, 0.25) is 0 Å². The lowest BCUT2D eigenvalue weighted by Gasteiger charge is -2.30. The molecule has 4 heteroatoms. The summed E-state index contributed by atoms with van der Waals surface area (Å²) in [7, 11) is 0. The largest absolute Gasteiger partial charge is 0.388 e. The molecule has 0 heterocycles. The van der Waals surface area contributed by atoms with Crippen LogP contribution in [0, 0.1) is 11.7 Å². The summed E-state index contributed by atoms with van der Waals surface area (Å²) in [4.78, 5) is 12.5. The number of aliphatic hydroxyl groups is 1. The molecule has 2 unspecified atom stereocenters. The molecule has 2 atom stereocenters. The number of benzene rings is 1. The van der Waals surface area contributed by atoms with Gasteiger partial charge in [-0.15, -0.1) is 0 Å². The van der Waals surface area contributed by atoms with Gasteiger partial charge in [-0.1, -0.05) is 32.4 Å². The van der Waals surface area contributed by atoms with Crippen LogP contribution >= 0.6 is 0 Å². The summed E-state index contributed by atoms with van der Waals surface area (Å²) in [5, 5.41) is 13.2. The molecule has 3 nitrogen and oxygen atoms in total. The van der Waals surface area contributed by atoms with E-state index in [4.69, 9.17) is 0 Å². The number of hydrogen-bond acceptors (Lipinski definition) is 2. The van der Waals surface area contributed by atoms with E-state index in [1.165, 1.54) is 12.1 Å². The van der Waals surface area contributed by atoms with Crippen molar-refractivity contribution in [3.8, 4) is 0 Å². The predicted molar refractivity (Wildman–Crippen MR) is 80.4 cm³/mol. The second-order valence-electron chi connectivity index (χ2n) is 6.44. The van der Waals surface area contributed by atoms with Crippen molar-refractivity contribution in [2.45, 2.75) is 51.0 Å².